The van der Waals surface area contributed by atoms with Crippen LogP contribution in [-0.2, 0) is 12.6 Å². The summed E-state index contributed by atoms with van der Waals surface area (Å²) in [7, 11) is 0. The molecule has 0 unspecified atom stereocenters. The molecular weight excluding hydrogens is 277 g/mol. The second-order valence-electron chi connectivity index (χ2n) is 4.83. The molecule has 0 atom stereocenters. The summed E-state index contributed by atoms with van der Waals surface area (Å²) in [5, 5.41) is 3.04. The number of para-hydroxylation sites is 1. The van der Waals surface area contributed by atoms with Crippen LogP contribution in [-0.4, -0.2) is 0 Å². The SMILES string of the molecule is CCCc1ccccc1Nc1ccc(N)c(C(F)(F)F)c1. The van der Waals surface area contributed by atoms with E-state index in [4.69, 9.17) is 5.73 Å². The van der Waals surface area contributed by atoms with Gasteiger partial charge in [0.2, 0.25) is 0 Å². The van der Waals surface area contributed by atoms with Crippen molar-refractivity contribution in [1.82, 2.24) is 0 Å². The van der Waals surface area contributed by atoms with Gasteiger partial charge in [-0.05, 0) is 36.2 Å². The zero-order valence-electron chi connectivity index (χ0n) is 11.7. The van der Waals surface area contributed by atoms with E-state index in [1.807, 2.05) is 24.3 Å². The van der Waals surface area contributed by atoms with Crippen molar-refractivity contribution in [2.45, 2.75) is 25.9 Å². The minimum Gasteiger partial charge on any atom is -0.398 e. The van der Waals surface area contributed by atoms with Crippen LogP contribution in [0.4, 0.5) is 30.2 Å². The normalized spacial score (nSPS) is 11.4. The molecule has 0 aromatic heterocycles. The zero-order valence-corrected chi connectivity index (χ0v) is 11.7. The molecule has 0 spiro atoms. The van der Waals surface area contributed by atoms with Crippen molar-refractivity contribution in [3.05, 3.63) is 53.6 Å². The number of anilines is 3. The Morgan fingerprint density at radius 1 is 1.10 bits per heavy atom. The number of aryl methyl sites for hydroxylation is 1. The summed E-state index contributed by atoms with van der Waals surface area (Å²) in [6.07, 6.45) is -2.62. The molecule has 0 bridgehead atoms. The van der Waals surface area contributed by atoms with Crippen LogP contribution in [0.2, 0.25) is 0 Å². The van der Waals surface area contributed by atoms with Gasteiger partial charge in [-0.2, -0.15) is 13.2 Å². The Morgan fingerprint density at radius 2 is 1.81 bits per heavy atom. The van der Waals surface area contributed by atoms with E-state index >= 15 is 0 Å². The third-order valence-corrected chi connectivity index (χ3v) is 3.17. The average molecular weight is 294 g/mol. The Bertz CT molecular complexity index is 621. The summed E-state index contributed by atoms with van der Waals surface area (Å²) < 4.78 is 38.6. The molecule has 2 aromatic carbocycles. The lowest BCUT2D eigenvalue weighted by molar-refractivity contribution is -0.136. The van der Waals surface area contributed by atoms with E-state index in [-0.39, 0.29) is 5.69 Å². The van der Waals surface area contributed by atoms with E-state index in [1.54, 1.807) is 6.07 Å². The maximum absolute atomic E-state index is 12.9. The second-order valence-corrected chi connectivity index (χ2v) is 4.83. The number of halogens is 3. The number of nitrogens with two attached hydrogens (primary N) is 1. The largest absolute Gasteiger partial charge is 0.418 e. The first kappa shape index (κ1) is 15.2. The van der Waals surface area contributed by atoms with Gasteiger partial charge in [0.15, 0.2) is 0 Å². The standard InChI is InChI=1S/C16H17F3N2/c1-2-5-11-6-3-4-7-15(11)21-12-8-9-14(20)13(10-12)16(17,18)19/h3-4,6-10,21H,2,5,20H2,1H3. The number of nitrogens with one attached hydrogen (secondary N) is 1. The molecule has 2 rings (SSSR count). The van der Waals surface area contributed by atoms with Crippen LogP contribution in [0, 0.1) is 0 Å². The van der Waals surface area contributed by atoms with E-state index in [0.717, 1.165) is 30.2 Å². The highest BCUT2D eigenvalue weighted by molar-refractivity contribution is 5.67. The van der Waals surface area contributed by atoms with Gasteiger partial charge in [-0.25, -0.2) is 0 Å². The fourth-order valence-electron chi connectivity index (χ4n) is 2.16. The summed E-state index contributed by atoms with van der Waals surface area (Å²) in [6.45, 7) is 2.06. The fraction of sp³-hybridized carbons (Fsp3) is 0.250. The lowest BCUT2D eigenvalue weighted by Crippen LogP contribution is -2.09. The number of hydrogen-bond donors (Lipinski definition) is 2. The molecule has 21 heavy (non-hydrogen) atoms. The van der Waals surface area contributed by atoms with Gasteiger partial charge in [-0.3, -0.25) is 0 Å². The Hall–Kier alpha value is -2.17. The first-order chi connectivity index (χ1) is 9.91. The molecule has 0 aliphatic carbocycles. The molecule has 112 valence electrons. The van der Waals surface area contributed by atoms with Gasteiger partial charge in [0, 0.05) is 17.1 Å². The summed E-state index contributed by atoms with van der Waals surface area (Å²) in [5.74, 6) is 0. The first-order valence-corrected chi connectivity index (χ1v) is 6.73. The van der Waals surface area contributed by atoms with Crippen molar-refractivity contribution in [2.24, 2.45) is 0 Å². The third kappa shape index (κ3) is 3.68. The van der Waals surface area contributed by atoms with Crippen LogP contribution < -0.4 is 11.1 Å². The lowest BCUT2D eigenvalue weighted by Gasteiger charge is -2.15. The number of nitrogen functional groups attached to an aromatic ring is 1. The lowest BCUT2D eigenvalue weighted by atomic mass is 10.1. The number of alkyl halides is 3. The van der Waals surface area contributed by atoms with Crippen molar-refractivity contribution < 1.29 is 13.2 Å². The van der Waals surface area contributed by atoms with Crippen LogP contribution in [0.15, 0.2) is 42.5 Å². The Labute approximate surface area is 121 Å². The molecule has 0 radical (unpaired) electrons. The third-order valence-electron chi connectivity index (χ3n) is 3.17. The molecule has 0 fully saturated rings. The maximum atomic E-state index is 12.9. The van der Waals surface area contributed by atoms with Gasteiger partial charge in [-0.1, -0.05) is 31.5 Å². The first-order valence-electron chi connectivity index (χ1n) is 6.73. The summed E-state index contributed by atoms with van der Waals surface area (Å²) in [5.41, 5.74) is 6.58. The molecule has 0 aliphatic rings. The summed E-state index contributed by atoms with van der Waals surface area (Å²) in [4.78, 5) is 0. The summed E-state index contributed by atoms with van der Waals surface area (Å²) in [6, 6.07) is 11.4. The predicted octanol–water partition coefficient (Wildman–Crippen LogP) is 4.98. The van der Waals surface area contributed by atoms with Gasteiger partial charge in [0.05, 0.1) is 5.56 Å². The van der Waals surface area contributed by atoms with Gasteiger partial charge >= 0.3 is 6.18 Å². The molecule has 2 aromatic rings. The van der Waals surface area contributed by atoms with E-state index in [0.29, 0.717) is 5.69 Å². The number of benzene rings is 2. The van der Waals surface area contributed by atoms with Gasteiger partial charge < -0.3 is 11.1 Å². The highest BCUT2D eigenvalue weighted by Gasteiger charge is 2.33. The van der Waals surface area contributed by atoms with Crippen molar-refractivity contribution in [3.63, 3.8) is 0 Å². The smallest absolute Gasteiger partial charge is 0.398 e. The van der Waals surface area contributed by atoms with Gasteiger partial charge in [-0.15, -0.1) is 0 Å². The minimum absolute atomic E-state index is 0.269. The topological polar surface area (TPSA) is 38.0 Å². The molecule has 0 heterocycles. The highest BCUT2D eigenvalue weighted by Crippen LogP contribution is 2.36. The van der Waals surface area contributed by atoms with Crippen LogP contribution in [0.1, 0.15) is 24.5 Å². The molecular formula is C16H17F3N2. The van der Waals surface area contributed by atoms with Crippen molar-refractivity contribution in [2.75, 3.05) is 11.1 Å². The van der Waals surface area contributed by atoms with E-state index in [2.05, 4.69) is 12.2 Å². The van der Waals surface area contributed by atoms with E-state index in [9.17, 15) is 13.2 Å². The second kappa shape index (κ2) is 6.08. The molecule has 0 saturated heterocycles. The Morgan fingerprint density at radius 3 is 2.48 bits per heavy atom. The Kier molecular flexibility index (Phi) is 4.40. The van der Waals surface area contributed by atoms with Crippen molar-refractivity contribution in [3.8, 4) is 0 Å². The van der Waals surface area contributed by atoms with E-state index in [1.165, 1.54) is 6.07 Å². The highest BCUT2D eigenvalue weighted by atomic mass is 19.4. The maximum Gasteiger partial charge on any atom is 0.418 e. The predicted molar refractivity (Wildman–Crippen MR) is 79.6 cm³/mol. The summed E-state index contributed by atoms with van der Waals surface area (Å²) >= 11 is 0. The van der Waals surface area contributed by atoms with E-state index < -0.39 is 11.7 Å². The molecule has 5 heteroatoms. The average Bonchev–Trinajstić information content (AvgIpc) is 2.42. The number of hydrogen-bond acceptors (Lipinski definition) is 2. The van der Waals surface area contributed by atoms with Crippen LogP contribution in [0.25, 0.3) is 0 Å². The zero-order chi connectivity index (χ0) is 15.5. The fourth-order valence-corrected chi connectivity index (χ4v) is 2.16. The van der Waals surface area contributed by atoms with Crippen LogP contribution >= 0.6 is 0 Å². The molecule has 0 aliphatic heterocycles. The van der Waals surface area contributed by atoms with Crippen LogP contribution in [0.3, 0.4) is 0 Å². The minimum atomic E-state index is -4.45. The monoisotopic (exact) mass is 294 g/mol. The molecule has 0 amide bonds. The van der Waals surface area contributed by atoms with Crippen LogP contribution in [0.5, 0.6) is 0 Å². The quantitative estimate of drug-likeness (QED) is 0.780. The Balaban J connectivity index is 2.33. The number of rotatable bonds is 4. The molecule has 2 nitrogen and oxygen atoms in total. The molecule has 0 saturated carbocycles. The van der Waals surface area contributed by atoms with Gasteiger partial charge in [0.1, 0.15) is 0 Å². The van der Waals surface area contributed by atoms with Crippen molar-refractivity contribution >= 4 is 17.1 Å². The molecule has 3 N–H and O–H groups in total. The van der Waals surface area contributed by atoms with Crippen molar-refractivity contribution in [1.29, 1.82) is 0 Å². The van der Waals surface area contributed by atoms with Gasteiger partial charge in [0.25, 0.3) is 0 Å².